The van der Waals surface area contributed by atoms with Crippen molar-refractivity contribution in [2.75, 3.05) is 19.7 Å². The number of rotatable bonds is 5. The fourth-order valence-corrected chi connectivity index (χ4v) is 3.83. The molecule has 2 aliphatic rings. The molecule has 1 fully saturated rings. The number of dihydropyridines is 1. The van der Waals surface area contributed by atoms with Crippen molar-refractivity contribution in [2.24, 2.45) is 4.99 Å². The number of aliphatic imine (C=N–C) groups is 1. The van der Waals surface area contributed by atoms with Gasteiger partial charge in [0.2, 0.25) is 0 Å². The summed E-state index contributed by atoms with van der Waals surface area (Å²) in [5, 5.41) is 0. The van der Waals surface area contributed by atoms with Crippen LogP contribution in [0.15, 0.2) is 16.6 Å². The van der Waals surface area contributed by atoms with Crippen LogP contribution in [0.2, 0.25) is 0 Å². The second kappa shape index (κ2) is 7.28. The monoisotopic (exact) mass is 440 g/mol. The number of amides is 1. The Labute approximate surface area is 120 Å². The molecule has 0 spiro atoms. The quantitative estimate of drug-likeness (QED) is 0.596. The zero-order valence-electron chi connectivity index (χ0n) is 10.7. The third kappa shape index (κ3) is 3.81. The summed E-state index contributed by atoms with van der Waals surface area (Å²) in [6.07, 6.45) is 7.62. The predicted octanol–water partition coefficient (Wildman–Crippen LogP) is 0.836. The summed E-state index contributed by atoms with van der Waals surface area (Å²) in [6.45, 7) is 2.31. The Hall–Kier alpha value is -0.368. The van der Waals surface area contributed by atoms with Gasteiger partial charge in [0.1, 0.15) is 0 Å². The van der Waals surface area contributed by atoms with E-state index in [2.05, 4.69) is 9.05 Å². The Morgan fingerprint density at radius 3 is 3.17 bits per heavy atom. The van der Waals surface area contributed by atoms with Gasteiger partial charge in [-0.05, 0) is 0 Å². The van der Waals surface area contributed by atoms with Crippen LogP contribution in [-0.2, 0) is 7.48 Å². The van der Waals surface area contributed by atoms with Crippen LogP contribution in [0, 0.1) is 0 Å². The van der Waals surface area contributed by atoms with Gasteiger partial charge in [-0.3, -0.25) is 0 Å². The standard InChI is InChI=1S/C12H17N2O2.CH2.Tl/c15-9-11-2-1-3-12(16)14(11)8-10-4-6-13-7-5-10;;/h4,6,11H,1-3,5,7-9H2;1H2;/q-1;;+1. The number of piperidine rings is 1. The SMILES string of the molecule is [CH2]=[Tl][O]CC1CCCC(=O)N1CC1=CC=NCC1. The minimum absolute atomic E-state index is 0.268. The van der Waals surface area contributed by atoms with Crippen molar-refractivity contribution in [1.82, 2.24) is 4.90 Å². The molecule has 0 aromatic rings. The number of allylic oxidation sites excluding steroid dienone is 1. The van der Waals surface area contributed by atoms with Gasteiger partial charge in [-0.25, -0.2) is 0 Å². The van der Waals surface area contributed by atoms with Crippen LogP contribution in [0.4, 0.5) is 0 Å². The van der Waals surface area contributed by atoms with E-state index in [9.17, 15) is 4.79 Å². The van der Waals surface area contributed by atoms with Crippen LogP contribution in [0.1, 0.15) is 25.7 Å². The number of nitrogens with zero attached hydrogens (tertiary/aromatic N) is 2. The van der Waals surface area contributed by atoms with Gasteiger partial charge in [0.05, 0.1) is 0 Å². The Morgan fingerprint density at radius 2 is 2.44 bits per heavy atom. The van der Waals surface area contributed by atoms with Gasteiger partial charge in [-0.1, -0.05) is 0 Å². The van der Waals surface area contributed by atoms with Crippen LogP contribution in [0.25, 0.3) is 0 Å². The van der Waals surface area contributed by atoms with E-state index in [-0.39, 0.29) is 11.9 Å². The first-order chi connectivity index (χ1) is 8.81. The minimum atomic E-state index is -1.17. The topological polar surface area (TPSA) is 41.9 Å². The number of hydrogen-bond acceptors (Lipinski definition) is 3. The third-order valence-electron chi connectivity index (χ3n) is 3.45. The van der Waals surface area contributed by atoms with Crippen LogP contribution in [0.3, 0.4) is 0 Å². The molecule has 2 rings (SSSR count). The molecule has 4 nitrogen and oxygen atoms in total. The van der Waals surface area contributed by atoms with Crippen molar-refractivity contribution in [3.8, 4) is 0 Å². The van der Waals surface area contributed by atoms with Crippen molar-refractivity contribution in [3.05, 3.63) is 11.6 Å². The van der Waals surface area contributed by atoms with Gasteiger partial charge in [-0.2, -0.15) is 0 Å². The molecule has 5 heteroatoms. The van der Waals surface area contributed by atoms with Crippen LogP contribution >= 0.6 is 0 Å². The molecule has 0 saturated carbocycles. The number of hydrogen-bond donors (Lipinski definition) is 0. The second-order valence-corrected chi connectivity index (χ2v) is 7.29. The molecule has 1 atom stereocenters. The second-order valence-electron chi connectivity index (χ2n) is 4.70. The zero-order valence-corrected chi connectivity index (χ0v) is 15.2. The fourth-order valence-electron chi connectivity index (χ4n) is 2.44. The Morgan fingerprint density at radius 1 is 1.56 bits per heavy atom. The molecule has 0 aromatic heterocycles. The summed E-state index contributed by atoms with van der Waals surface area (Å²) in [5.74, 6) is 0.275. The van der Waals surface area contributed by atoms with E-state index in [0.29, 0.717) is 13.0 Å². The van der Waals surface area contributed by atoms with Gasteiger partial charge >= 0.3 is 121 Å². The van der Waals surface area contributed by atoms with Gasteiger partial charge in [-0.15, -0.1) is 0 Å². The molecule has 1 saturated heterocycles. The molecule has 1 amide bonds. The molecular formula is C13H19N2O2Tl. The summed E-state index contributed by atoms with van der Waals surface area (Å²) in [6, 6.07) is 0.268. The van der Waals surface area contributed by atoms with Gasteiger partial charge in [0.15, 0.2) is 0 Å². The Balaban J connectivity index is 1.99. The first kappa shape index (κ1) is 14.0. The average molecular weight is 440 g/mol. The molecule has 0 N–H and O–H groups in total. The molecule has 2 aliphatic heterocycles. The Bertz CT molecular complexity index is 379. The predicted molar refractivity (Wildman–Crippen MR) is 74.2 cm³/mol. The number of likely N-dealkylation sites (tertiary alicyclic amines) is 1. The van der Waals surface area contributed by atoms with Crippen molar-refractivity contribution in [2.45, 2.75) is 31.7 Å². The normalized spacial score (nSPS) is 23.8. The molecule has 18 heavy (non-hydrogen) atoms. The van der Waals surface area contributed by atoms with E-state index < -0.39 is 24.2 Å². The van der Waals surface area contributed by atoms with E-state index in [1.165, 1.54) is 5.57 Å². The molecule has 0 aromatic carbocycles. The first-order valence-corrected chi connectivity index (χ1v) is 11.5. The molecule has 2 heterocycles. The molecule has 96 valence electrons. The van der Waals surface area contributed by atoms with E-state index >= 15 is 0 Å². The van der Waals surface area contributed by atoms with E-state index in [1.807, 2.05) is 17.2 Å². The molecule has 0 aliphatic carbocycles. The summed E-state index contributed by atoms with van der Waals surface area (Å²) in [5.41, 5.74) is 1.31. The fraction of sp³-hybridized carbons (Fsp3) is 0.615. The van der Waals surface area contributed by atoms with Gasteiger partial charge < -0.3 is 0 Å². The van der Waals surface area contributed by atoms with Crippen LogP contribution in [-0.4, -0.2) is 71.0 Å². The number of carbonyl (C=O) groups excluding carboxylic acids is 1. The summed E-state index contributed by atoms with van der Waals surface area (Å²) < 4.78 is 9.48. The summed E-state index contributed by atoms with van der Waals surface area (Å²) >= 11 is -1.17. The van der Waals surface area contributed by atoms with Crippen molar-refractivity contribution in [3.63, 3.8) is 0 Å². The van der Waals surface area contributed by atoms with Crippen molar-refractivity contribution in [1.29, 1.82) is 0 Å². The summed E-state index contributed by atoms with van der Waals surface area (Å²) in [7, 11) is 0. The van der Waals surface area contributed by atoms with Gasteiger partial charge in [0, 0.05) is 0 Å². The number of carbonyl (C=O) groups is 1. The summed E-state index contributed by atoms with van der Waals surface area (Å²) in [4.78, 5) is 18.2. The zero-order chi connectivity index (χ0) is 12.8. The van der Waals surface area contributed by atoms with Crippen molar-refractivity contribution < 1.29 is 7.48 Å². The maximum absolute atomic E-state index is 12.1. The van der Waals surface area contributed by atoms with Gasteiger partial charge in [0.25, 0.3) is 0 Å². The third-order valence-corrected chi connectivity index (χ3v) is 5.11. The van der Waals surface area contributed by atoms with E-state index in [4.69, 9.17) is 2.69 Å². The van der Waals surface area contributed by atoms with E-state index in [0.717, 1.165) is 32.4 Å². The first-order valence-electron chi connectivity index (χ1n) is 6.51. The Kier molecular flexibility index (Phi) is 5.68. The van der Waals surface area contributed by atoms with Crippen LogP contribution < -0.4 is 0 Å². The maximum atomic E-state index is 12.1. The molecular weight excluding hydrogens is 421 g/mol. The molecule has 0 radical (unpaired) electrons. The van der Waals surface area contributed by atoms with Crippen molar-refractivity contribution >= 4 is 40.4 Å². The van der Waals surface area contributed by atoms with E-state index in [1.54, 1.807) is 0 Å². The molecule has 1 unspecified atom stereocenters. The molecule has 0 bridgehead atoms. The van der Waals surface area contributed by atoms with Crippen LogP contribution in [0.5, 0.6) is 0 Å². The average Bonchev–Trinajstić information content (AvgIpc) is 2.41.